The van der Waals surface area contributed by atoms with Crippen molar-refractivity contribution in [1.82, 2.24) is 4.98 Å². The third kappa shape index (κ3) is 2.18. The maximum absolute atomic E-state index is 13.6. The fourth-order valence-corrected chi connectivity index (χ4v) is 3.81. The van der Waals surface area contributed by atoms with Gasteiger partial charge in [-0.25, -0.2) is 27.3 Å². The Bertz CT molecular complexity index is 760. The minimum Gasteiger partial charge on any atom is -0.480 e. The molecule has 1 aromatic carbocycles. The topological polar surface area (TPSA) is 62.5 Å². The Hall–Kier alpha value is -1.68. The fourth-order valence-electron chi connectivity index (χ4n) is 1.72. The van der Waals surface area contributed by atoms with E-state index in [1.165, 1.54) is 0 Å². The number of fused-ring (bicyclic) bond motifs is 1. The van der Waals surface area contributed by atoms with Crippen LogP contribution < -0.4 is 0 Å². The van der Waals surface area contributed by atoms with E-state index in [1.807, 2.05) is 0 Å². The molecule has 1 aromatic heterocycles. The number of aliphatic carboxylic acids is 1. The fraction of sp³-hybridized carbons (Fsp3) is 0.182. The lowest BCUT2D eigenvalue weighted by molar-refractivity contribution is -0.137. The minimum absolute atomic E-state index is 0.0292. The number of thiazole rings is 1. The number of aromatic nitrogens is 1. The first-order chi connectivity index (χ1) is 9.90. The van der Waals surface area contributed by atoms with Gasteiger partial charge in [0.1, 0.15) is 15.6 Å². The van der Waals surface area contributed by atoms with Crippen LogP contribution in [0.25, 0.3) is 10.2 Å². The number of carbonyl (C=O) groups is 1. The molecule has 2 heterocycles. The lowest BCUT2D eigenvalue weighted by Gasteiger charge is -1.97. The van der Waals surface area contributed by atoms with Crippen LogP contribution in [0.15, 0.2) is 4.99 Å². The average molecular weight is 336 g/mol. The zero-order valence-corrected chi connectivity index (χ0v) is 11.5. The quantitative estimate of drug-likeness (QED) is 0.520. The van der Waals surface area contributed by atoms with Crippen LogP contribution in [-0.4, -0.2) is 32.9 Å². The van der Waals surface area contributed by atoms with Crippen molar-refractivity contribution >= 4 is 44.3 Å². The summed E-state index contributed by atoms with van der Waals surface area (Å²) in [6.45, 7) is 0. The van der Waals surface area contributed by atoms with Gasteiger partial charge in [0.25, 0.3) is 0 Å². The molecule has 1 aliphatic heterocycles. The SMILES string of the molecule is O=C(O)C1CSC(c2nc3c(F)c(F)c(F)c(F)c3s2)=N1. The molecule has 1 N–H and O–H groups in total. The number of hydrogen-bond acceptors (Lipinski definition) is 5. The molecule has 110 valence electrons. The summed E-state index contributed by atoms with van der Waals surface area (Å²) in [5, 5.41) is 9.03. The van der Waals surface area contributed by atoms with Gasteiger partial charge in [-0.05, 0) is 0 Å². The molecule has 0 amide bonds. The number of aliphatic imine (C=N–C) groups is 1. The third-order valence-corrected chi connectivity index (χ3v) is 4.97. The summed E-state index contributed by atoms with van der Waals surface area (Å²) in [7, 11) is 0. The summed E-state index contributed by atoms with van der Waals surface area (Å²) < 4.78 is 53.0. The van der Waals surface area contributed by atoms with E-state index in [-0.39, 0.29) is 15.8 Å². The molecule has 0 saturated carbocycles. The summed E-state index contributed by atoms with van der Waals surface area (Å²) in [5.74, 6) is -7.90. The van der Waals surface area contributed by atoms with Crippen molar-refractivity contribution in [2.24, 2.45) is 4.99 Å². The van der Waals surface area contributed by atoms with Gasteiger partial charge < -0.3 is 5.11 Å². The molecule has 0 bridgehead atoms. The Morgan fingerprint density at radius 1 is 1.14 bits per heavy atom. The monoisotopic (exact) mass is 336 g/mol. The van der Waals surface area contributed by atoms with E-state index >= 15 is 0 Å². The smallest absolute Gasteiger partial charge is 0.329 e. The summed E-state index contributed by atoms with van der Waals surface area (Å²) in [6.07, 6.45) is 0. The van der Waals surface area contributed by atoms with Crippen molar-refractivity contribution < 1.29 is 27.5 Å². The van der Waals surface area contributed by atoms with E-state index in [2.05, 4.69) is 9.98 Å². The maximum Gasteiger partial charge on any atom is 0.329 e. The molecule has 0 fully saturated rings. The van der Waals surface area contributed by atoms with Crippen molar-refractivity contribution in [2.75, 3.05) is 5.75 Å². The van der Waals surface area contributed by atoms with E-state index in [4.69, 9.17) is 5.11 Å². The standard InChI is InChI=1S/C11H4F4N2O2S2/c12-3-4(13)6(15)8-7(5(3)14)17-10(21-8)9-16-2(1-20-9)11(18)19/h2H,1H2,(H,18,19). The lowest BCUT2D eigenvalue weighted by Crippen LogP contribution is -2.17. The molecule has 1 atom stereocenters. The molecular formula is C11H4F4N2O2S2. The summed E-state index contributed by atoms with van der Waals surface area (Å²) in [6, 6.07) is -0.972. The highest BCUT2D eigenvalue weighted by atomic mass is 32.2. The zero-order chi connectivity index (χ0) is 15.3. The highest BCUT2D eigenvalue weighted by molar-refractivity contribution is 8.15. The molecule has 4 nitrogen and oxygen atoms in total. The molecule has 0 radical (unpaired) electrons. The Balaban J connectivity index is 2.15. The Morgan fingerprint density at radius 2 is 1.81 bits per heavy atom. The van der Waals surface area contributed by atoms with E-state index in [0.717, 1.165) is 11.8 Å². The van der Waals surface area contributed by atoms with E-state index in [1.54, 1.807) is 0 Å². The molecule has 0 spiro atoms. The third-order valence-electron chi connectivity index (χ3n) is 2.73. The van der Waals surface area contributed by atoms with Gasteiger partial charge in [0.15, 0.2) is 29.3 Å². The molecule has 3 rings (SSSR count). The van der Waals surface area contributed by atoms with Gasteiger partial charge in [-0.15, -0.1) is 23.1 Å². The van der Waals surface area contributed by atoms with Gasteiger partial charge in [0, 0.05) is 5.75 Å². The number of nitrogens with zero attached hydrogens (tertiary/aromatic N) is 2. The molecule has 10 heteroatoms. The first-order valence-corrected chi connectivity index (χ1v) is 7.26. The van der Waals surface area contributed by atoms with E-state index in [9.17, 15) is 22.4 Å². The van der Waals surface area contributed by atoms with Crippen molar-refractivity contribution in [3.8, 4) is 0 Å². The van der Waals surface area contributed by atoms with Gasteiger partial charge in [-0.2, -0.15) is 0 Å². The first kappa shape index (κ1) is 14.3. The predicted octanol–water partition coefficient (Wildman–Crippen LogP) is 2.80. The number of halogens is 4. The van der Waals surface area contributed by atoms with Crippen LogP contribution in [-0.2, 0) is 4.79 Å². The van der Waals surface area contributed by atoms with Gasteiger partial charge >= 0.3 is 5.97 Å². The van der Waals surface area contributed by atoms with Crippen LogP contribution in [0, 0.1) is 23.3 Å². The molecule has 1 aliphatic rings. The van der Waals surface area contributed by atoms with Crippen molar-refractivity contribution in [3.05, 3.63) is 28.3 Å². The van der Waals surface area contributed by atoms with Crippen LogP contribution in [0.3, 0.4) is 0 Å². The van der Waals surface area contributed by atoms with Crippen molar-refractivity contribution in [1.29, 1.82) is 0 Å². The summed E-state index contributed by atoms with van der Waals surface area (Å²) in [5.41, 5.74) is -0.631. The molecule has 0 aliphatic carbocycles. The Kier molecular flexibility index (Phi) is 3.36. The number of hydrogen-bond donors (Lipinski definition) is 1. The predicted molar refractivity (Wildman–Crippen MR) is 69.9 cm³/mol. The van der Waals surface area contributed by atoms with Crippen LogP contribution >= 0.6 is 23.1 Å². The molecule has 21 heavy (non-hydrogen) atoms. The molecule has 0 saturated heterocycles. The van der Waals surface area contributed by atoms with Crippen LogP contribution in [0.4, 0.5) is 17.6 Å². The first-order valence-electron chi connectivity index (χ1n) is 5.46. The summed E-state index contributed by atoms with van der Waals surface area (Å²) in [4.78, 5) is 18.3. The minimum atomic E-state index is -1.93. The second kappa shape index (κ2) is 4.95. The molecule has 2 aromatic rings. The van der Waals surface area contributed by atoms with Gasteiger partial charge in [-0.3, -0.25) is 4.99 Å². The highest BCUT2D eigenvalue weighted by Gasteiger charge is 2.29. The highest BCUT2D eigenvalue weighted by Crippen LogP contribution is 2.34. The van der Waals surface area contributed by atoms with Crippen molar-refractivity contribution in [3.63, 3.8) is 0 Å². The number of rotatable bonds is 2. The van der Waals surface area contributed by atoms with Gasteiger partial charge in [0.2, 0.25) is 0 Å². The maximum atomic E-state index is 13.6. The Morgan fingerprint density at radius 3 is 2.43 bits per heavy atom. The number of thioether (sulfide) groups is 1. The van der Waals surface area contributed by atoms with Crippen LogP contribution in [0.2, 0.25) is 0 Å². The van der Waals surface area contributed by atoms with Crippen LogP contribution in [0.5, 0.6) is 0 Å². The molecular weight excluding hydrogens is 332 g/mol. The van der Waals surface area contributed by atoms with Gasteiger partial charge in [-0.1, -0.05) is 0 Å². The second-order valence-electron chi connectivity index (χ2n) is 4.05. The normalized spacial score (nSPS) is 18.3. The zero-order valence-electron chi connectivity index (χ0n) is 9.86. The van der Waals surface area contributed by atoms with E-state index in [0.29, 0.717) is 11.3 Å². The average Bonchev–Trinajstić information content (AvgIpc) is 3.08. The van der Waals surface area contributed by atoms with Crippen LogP contribution in [0.1, 0.15) is 5.01 Å². The van der Waals surface area contributed by atoms with Crippen molar-refractivity contribution in [2.45, 2.75) is 6.04 Å². The lowest BCUT2D eigenvalue weighted by atomic mass is 10.3. The Labute approximate surface area is 122 Å². The second-order valence-corrected chi connectivity index (χ2v) is 6.06. The number of carboxylic acids is 1. The largest absolute Gasteiger partial charge is 0.480 e. The number of carboxylic acid groups (broad SMARTS) is 1. The van der Waals surface area contributed by atoms with E-state index < -0.39 is 45.5 Å². The van der Waals surface area contributed by atoms with Gasteiger partial charge in [0.05, 0.1) is 4.70 Å². The number of benzene rings is 1. The summed E-state index contributed by atoms with van der Waals surface area (Å²) >= 11 is 1.65. The molecule has 1 unspecified atom stereocenters.